The Morgan fingerprint density at radius 1 is 1.06 bits per heavy atom. The molecule has 0 spiro atoms. The third-order valence-electron chi connectivity index (χ3n) is 3.40. The molecule has 2 N–H and O–H groups in total. The van der Waals surface area contributed by atoms with Gasteiger partial charge in [0.15, 0.2) is 0 Å². The Kier molecular flexibility index (Phi) is 2.52. The summed E-state index contributed by atoms with van der Waals surface area (Å²) in [7, 11) is 0. The maximum Gasteiger partial charge on any atom is 0.315 e. The van der Waals surface area contributed by atoms with Gasteiger partial charge in [0.25, 0.3) is 0 Å². The highest BCUT2D eigenvalue weighted by atomic mass is 16.2. The Morgan fingerprint density at radius 2 is 1.72 bits per heavy atom. The molecule has 3 heteroatoms. The highest BCUT2D eigenvalue weighted by Crippen LogP contribution is 2.37. The number of amides is 2. The molecule has 0 fully saturated rings. The van der Waals surface area contributed by atoms with Gasteiger partial charge in [-0.2, -0.15) is 0 Å². The second kappa shape index (κ2) is 4.18. The van der Waals surface area contributed by atoms with Crippen LogP contribution in [0.15, 0.2) is 54.6 Å². The molecule has 1 aliphatic heterocycles. The van der Waals surface area contributed by atoms with Crippen molar-refractivity contribution in [3.05, 3.63) is 71.3 Å². The van der Waals surface area contributed by atoms with E-state index in [1.807, 2.05) is 48.5 Å². The lowest BCUT2D eigenvalue weighted by atomic mass is 9.98. The van der Waals surface area contributed by atoms with Crippen molar-refractivity contribution >= 4 is 6.03 Å². The molecule has 2 aromatic carbocycles. The summed E-state index contributed by atoms with van der Waals surface area (Å²) in [6, 6.07) is 17.7. The fourth-order valence-corrected chi connectivity index (χ4v) is 2.59. The summed E-state index contributed by atoms with van der Waals surface area (Å²) in [5.74, 6) is 0. The Bertz CT molecular complexity index is 580. The van der Waals surface area contributed by atoms with E-state index in [1.54, 1.807) is 4.90 Å². The largest absolute Gasteiger partial charge is 0.351 e. The van der Waals surface area contributed by atoms with E-state index in [1.165, 1.54) is 11.1 Å². The topological polar surface area (TPSA) is 46.3 Å². The first kappa shape index (κ1) is 10.8. The Morgan fingerprint density at radius 3 is 2.44 bits per heavy atom. The van der Waals surface area contributed by atoms with Crippen LogP contribution < -0.4 is 5.73 Å². The number of benzene rings is 2. The van der Waals surface area contributed by atoms with Crippen molar-refractivity contribution in [3.63, 3.8) is 0 Å². The third kappa shape index (κ3) is 1.64. The summed E-state index contributed by atoms with van der Waals surface area (Å²) >= 11 is 0. The normalized spacial score (nSPS) is 17.6. The van der Waals surface area contributed by atoms with E-state index in [0.717, 1.165) is 5.56 Å². The molecule has 0 saturated carbocycles. The number of nitrogens with two attached hydrogens (primary N) is 1. The molecular formula is C15H14N2O. The van der Waals surface area contributed by atoms with Crippen molar-refractivity contribution < 1.29 is 4.79 Å². The summed E-state index contributed by atoms with van der Waals surface area (Å²) in [5.41, 5.74) is 8.93. The van der Waals surface area contributed by atoms with Gasteiger partial charge in [0.1, 0.15) is 0 Å². The number of carbonyl (C=O) groups excluding carboxylic acids is 1. The van der Waals surface area contributed by atoms with Crippen LogP contribution in [0.5, 0.6) is 0 Å². The average Bonchev–Trinajstić information content (AvgIpc) is 2.79. The lowest BCUT2D eigenvalue weighted by Crippen LogP contribution is -2.34. The zero-order valence-corrected chi connectivity index (χ0v) is 9.91. The molecule has 2 amide bonds. The smallest absolute Gasteiger partial charge is 0.315 e. The predicted molar refractivity (Wildman–Crippen MR) is 69.9 cm³/mol. The van der Waals surface area contributed by atoms with Crippen molar-refractivity contribution in [2.24, 2.45) is 5.73 Å². The van der Waals surface area contributed by atoms with Crippen LogP contribution in [0.4, 0.5) is 4.79 Å². The van der Waals surface area contributed by atoms with Gasteiger partial charge in [-0.05, 0) is 16.7 Å². The van der Waals surface area contributed by atoms with Gasteiger partial charge in [-0.3, -0.25) is 0 Å². The van der Waals surface area contributed by atoms with Crippen LogP contribution in [0.2, 0.25) is 0 Å². The number of rotatable bonds is 1. The first-order valence-electron chi connectivity index (χ1n) is 5.96. The van der Waals surface area contributed by atoms with Gasteiger partial charge in [0.2, 0.25) is 0 Å². The van der Waals surface area contributed by atoms with E-state index in [0.29, 0.717) is 6.54 Å². The fourth-order valence-electron chi connectivity index (χ4n) is 2.59. The molecule has 2 aromatic rings. The molecule has 1 atom stereocenters. The first-order valence-corrected chi connectivity index (χ1v) is 5.96. The van der Waals surface area contributed by atoms with E-state index in [2.05, 4.69) is 6.07 Å². The summed E-state index contributed by atoms with van der Waals surface area (Å²) in [5, 5.41) is 0. The van der Waals surface area contributed by atoms with Crippen LogP contribution in [0, 0.1) is 0 Å². The second-order valence-corrected chi connectivity index (χ2v) is 4.48. The average molecular weight is 238 g/mol. The number of nitrogens with zero attached hydrogens (tertiary/aromatic N) is 1. The van der Waals surface area contributed by atoms with Crippen molar-refractivity contribution in [1.82, 2.24) is 4.90 Å². The van der Waals surface area contributed by atoms with Gasteiger partial charge in [0, 0.05) is 6.54 Å². The molecule has 3 nitrogen and oxygen atoms in total. The SMILES string of the molecule is NC(=O)N1Cc2ccccc2C1c1ccccc1. The van der Waals surface area contributed by atoms with E-state index >= 15 is 0 Å². The molecule has 3 rings (SSSR count). The van der Waals surface area contributed by atoms with E-state index in [-0.39, 0.29) is 12.1 Å². The number of primary amides is 1. The number of fused-ring (bicyclic) bond motifs is 1. The Balaban J connectivity index is 2.11. The van der Waals surface area contributed by atoms with E-state index in [4.69, 9.17) is 5.73 Å². The Hall–Kier alpha value is -2.29. The van der Waals surface area contributed by atoms with Gasteiger partial charge in [-0.25, -0.2) is 4.79 Å². The van der Waals surface area contributed by atoms with Crippen molar-refractivity contribution in [3.8, 4) is 0 Å². The second-order valence-electron chi connectivity index (χ2n) is 4.48. The minimum absolute atomic E-state index is 0.0556. The summed E-state index contributed by atoms with van der Waals surface area (Å²) in [6.45, 7) is 0.588. The monoisotopic (exact) mass is 238 g/mol. The predicted octanol–water partition coefficient (Wildman–Crippen LogP) is 2.67. The molecular weight excluding hydrogens is 224 g/mol. The van der Waals surface area contributed by atoms with Crippen LogP contribution in [-0.2, 0) is 6.54 Å². The summed E-state index contributed by atoms with van der Waals surface area (Å²) < 4.78 is 0. The maximum absolute atomic E-state index is 11.6. The number of urea groups is 1. The van der Waals surface area contributed by atoms with Crippen LogP contribution in [-0.4, -0.2) is 10.9 Å². The van der Waals surface area contributed by atoms with Crippen molar-refractivity contribution in [2.75, 3.05) is 0 Å². The van der Waals surface area contributed by atoms with E-state index < -0.39 is 0 Å². The van der Waals surface area contributed by atoms with Crippen LogP contribution in [0.1, 0.15) is 22.7 Å². The fraction of sp³-hybridized carbons (Fsp3) is 0.133. The summed E-state index contributed by atoms with van der Waals surface area (Å²) in [4.78, 5) is 13.3. The first-order chi connectivity index (χ1) is 8.77. The molecule has 0 bridgehead atoms. The lowest BCUT2D eigenvalue weighted by Gasteiger charge is -2.23. The standard InChI is InChI=1S/C15H14N2O/c16-15(18)17-10-12-8-4-5-9-13(12)14(17)11-6-2-1-3-7-11/h1-9,14H,10H2,(H2,16,18). The van der Waals surface area contributed by atoms with Gasteiger partial charge < -0.3 is 10.6 Å². The molecule has 18 heavy (non-hydrogen) atoms. The van der Waals surface area contributed by atoms with Crippen molar-refractivity contribution in [2.45, 2.75) is 12.6 Å². The lowest BCUT2D eigenvalue weighted by molar-refractivity contribution is 0.199. The highest BCUT2D eigenvalue weighted by molar-refractivity contribution is 5.74. The van der Waals surface area contributed by atoms with Crippen LogP contribution >= 0.6 is 0 Å². The molecule has 90 valence electrons. The van der Waals surface area contributed by atoms with Crippen LogP contribution in [0.3, 0.4) is 0 Å². The molecule has 0 saturated heterocycles. The van der Waals surface area contributed by atoms with Crippen molar-refractivity contribution in [1.29, 1.82) is 0 Å². The third-order valence-corrected chi connectivity index (χ3v) is 3.40. The number of hydrogen-bond acceptors (Lipinski definition) is 1. The zero-order chi connectivity index (χ0) is 12.5. The zero-order valence-electron chi connectivity index (χ0n) is 9.91. The maximum atomic E-state index is 11.6. The highest BCUT2D eigenvalue weighted by Gasteiger charge is 2.32. The molecule has 1 heterocycles. The van der Waals surface area contributed by atoms with Gasteiger partial charge in [0.05, 0.1) is 6.04 Å². The molecule has 1 aliphatic rings. The molecule has 0 aliphatic carbocycles. The number of carbonyl (C=O) groups is 1. The van der Waals surface area contributed by atoms with Crippen LogP contribution in [0.25, 0.3) is 0 Å². The van der Waals surface area contributed by atoms with Gasteiger partial charge >= 0.3 is 6.03 Å². The molecule has 0 radical (unpaired) electrons. The molecule has 0 aromatic heterocycles. The van der Waals surface area contributed by atoms with Gasteiger partial charge in [-0.1, -0.05) is 54.6 Å². The number of hydrogen-bond donors (Lipinski definition) is 1. The Labute approximate surface area is 106 Å². The minimum atomic E-state index is -0.375. The summed E-state index contributed by atoms with van der Waals surface area (Å²) in [6.07, 6.45) is 0. The van der Waals surface area contributed by atoms with E-state index in [9.17, 15) is 4.79 Å². The molecule has 1 unspecified atom stereocenters. The minimum Gasteiger partial charge on any atom is -0.351 e. The quantitative estimate of drug-likeness (QED) is 0.815. The van der Waals surface area contributed by atoms with Gasteiger partial charge in [-0.15, -0.1) is 0 Å².